The number of rotatable bonds is 4. The first kappa shape index (κ1) is 13.0. The molecule has 1 aromatic rings. The van der Waals surface area contributed by atoms with Crippen LogP contribution < -0.4 is 5.32 Å². The molecule has 1 aliphatic rings. The average molecular weight is 268 g/mol. The summed E-state index contributed by atoms with van der Waals surface area (Å²) in [6.45, 7) is 1.23. The molecule has 1 aliphatic heterocycles. The number of nitrogens with one attached hydrogen (secondary N) is 1. The van der Waals surface area contributed by atoms with Gasteiger partial charge in [0.2, 0.25) is 5.91 Å². The molecule has 0 radical (unpaired) electrons. The van der Waals surface area contributed by atoms with Gasteiger partial charge in [0.05, 0.1) is 0 Å². The van der Waals surface area contributed by atoms with E-state index < -0.39 is 5.97 Å². The van der Waals surface area contributed by atoms with Crippen molar-refractivity contribution in [1.29, 1.82) is 0 Å². The van der Waals surface area contributed by atoms with Gasteiger partial charge in [0.25, 0.3) is 0 Å². The lowest BCUT2D eigenvalue weighted by molar-refractivity contribution is -0.132. The lowest BCUT2D eigenvalue weighted by atomic mass is 10.1. The smallest absolute Gasteiger partial charge is 0.346 e. The molecule has 0 bridgehead atoms. The Morgan fingerprint density at radius 1 is 1.67 bits per heavy atom. The highest BCUT2D eigenvalue weighted by Crippen LogP contribution is 2.17. The second-order valence-electron chi connectivity index (χ2n) is 4.47. The van der Waals surface area contributed by atoms with Crippen molar-refractivity contribution >= 4 is 23.2 Å². The molecule has 1 fully saturated rings. The normalized spacial score (nSPS) is 20.2. The van der Waals surface area contributed by atoms with Gasteiger partial charge < -0.3 is 15.3 Å². The third-order valence-corrected chi connectivity index (χ3v) is 4.09. The minimum atomic E-state index is -0.877. The maximum Gasteiger partial charge on any atom is 0.346 e. The fraction of sp³-hybridized carbons (Fsp3) is 0.500. The number of hydrogen-bond acceptors (Lipinski definition) is 4. The molecule has 0 aliphatic carbocycles. The van der Waals surface area contributed by atoms with Gasteiger partial charge in [-0.1, -0.05) is 0 Å². The number of carboxylic acids is 1. The summed E-state index contributed by atoms with van der Waals surface area (Å²) in [6, 6.07) is 2.08. The number of hydrogen-bond donors (Lipinski definition) is 2. The summed E-state index contributed by atoms with van der Waals surface area (Å²) in [5.74, 6) is -0.701. The summed E-state index contributed by atoms with van der Waals surface area (Å²) in [4.78, 5) is 24.4. The minimum absolute atomic E-state index is 0.176. The minimum Gasteiger partial charge on any atom is -0.477 e. The molecule has 1 unspecified atom stereocenters. The second-order valence-corrected chi connectivity index (χ2v) is 5.39. The van der Waals surface area contributed by atoms with Gasteiger partial charge >= 0.3 is 5.97 Å². The Labute approximate surface area is 109 Å². The predicted molar refractivity (Wildman–Crippen MR) is 68.8 cm³/mol. The summed E-state index contributed by atoms with van der Waals surface area (Å²) in [5.41, 5.74) is 0.812. The average Bonchev–Trinajstić information content (AvgIpc) is 2.79. The van der Waals surface area contributed by atoms with Crippen LogP contribution in [0.15, 0.2) is 11.4 Å². The van der Waals surface area contributed by atoms with Crippen molar-refractivity contribution in [3.63, 3.8) is 0 Å². The van der Waals surface area contributed by atoms with E-state index in [0.717, 1.165) is 12.0 Å². The highest BCUT2D eigenvalue weighted by atomic mass is 32.1. The van der Waals surface area contributed by atoms with Crippen molar-refractivity contribution in [1.82, 2.24) is 10.2 Å². The zero-order chi connectivity index (χ0) is 13.1. The molecule has 1 saturated heterocycles. The van der Waals surface area contributed by atoms with Crippen molar-refractivity contribution in [2.45, 2.75) is 25.4 Å². The fourth-order valence-electron chi connectivity index (χ4n) is 2.10. The Kier molecular flexibility index (Phi) is 3.98. The zero-order valence-electron chi connectivity index (χ0n) is 10.2. The van der Waals surface area contributed by atoms with Gasteiger partial charge in [-0.05, 0) is 23.4 Å². The van der Waals surface area contributed by atoms with E-state index in [1.54, 1.807) is 17.3 Å². The summed E-state index contributed by atoms with van der Waals surface area (Å²) >= 11 is 1.24. The van der Waals surface area contributed by atoms with Gasteiger partial charge in [-0.3, -0.25) is 4.79 Å². The predicted octanol–water partition coefficient (Wildman–Crippen LogP) is 1.16. The number of aromatic carboxylic acids is 1. The first-order valence-electron chi connectivity index (χ1n) is 5.85. The van der Waals surface area contributed by atoms with E-state index in [1.165, 1.54) is 11.3 Å². The van der Waals surface area contributed by atoms with E-state index in [9.17, 15) is 9.59 Å². The summed E-state index contributed by atoms with van der Waals surface area (Å²) in [5, 5.41) is 14.1. The number of likely N-dealkylation sites (N-methyl/N-ethyl adjacent to an activating group) is 1. The van der Waals surface area contributed by atoms with E-state index in [2.05, 4.69) is 5.32 Å². The van der Waals surface area contributed by atoms with Gasteiger partial charge in [-0.15, -0.1) is 11.3 Å². The molecular weight excluding hydrogens is 252 g/mol. The molecule has 2 rings (SSSR count). The molecule has 18 heavy (non-hydrogen) atoms. The van der Waals surface area contributed by atoms with Crippen LogP contribution in [0.25, 0.3) is 0 Å². The molecule has 1 aromatic heterocycles. The van der Waals surface area contributed by atoms with Crippen LogP contribution in [0.5, 0.6) is 0 Å². The Morgan fingerprint density at radius 3 is 3.11 bits per heavy atom. The largest absolute Gasteiger partial charge is 0.477 e. The molecule has 0 saturated carbocycles. The molecule has 0 spiro atoms. The molecule has 0 aromatic carbocycles. The lowest BCUT2D eigenvalue weighted by Crippen LogP contribution is -2.46. The van der Waals surface area contributed by atoms with E-state index >= 15 is 0 Å². The summed E-state index contributed by atoms with van der Waals surface area (Å²) < 4.78 is 0. The first-order valence-corrected chi connectivity index (χ1v) is 6.73. The highest BCUT2D eigenvalue weighted by Gasteiger charge is 2.22. The monoisotopic (exact) mass is 268 g/mol. The van der Waals surface area contributed by atoms with Crippen LogP contribution in [0.4, 0.5) is 0 Å². The number of amides is 1. The van der Waals surface area contributed by atoms with Crippen molar-refractivity contribution in [2.24, 2.45) is 0 Å². The Hall–Kier alpha value is -1.40. The van der Waals surface area contributed by atoms with Gasteiger partial charge in [0.1, 0.15) is 4.88 Å². The molecule has 2 heterocycles. The fourth-order valence-corrected chi connectivity index (χ4v) is 2.86. The second kappa shape index (κ2) is 5.49. The van der Waals surface area contributed by atoms with Crippen molar-refractivity contribution in [3.05, 3.63) is 21.9 Å². The van der Waals surface area contributed by atoms with E-state index in [4.69, 9.17) is 5.11 Å². The van der Waals surface area contributed by atoms with E-state index in [1.807, 2.05) is 6.07 Å². The van der Waals surface area contributed by atoms with Gasteiger partial charge in [-0.25, -0.2) is 4.79 Å². The molecular formula is C12H16N2O3S. The number of nitrogens with zero attached hydrogens (tertiary/aromatic N) is 1. The van der Waals surface area contributed by atoms with Crippen LogP contribution in [0.3, 0.4) is 0 Å². The molecule has 6 heteroatoms. The van der Waals surface area contributed by atoms with E-state index in [0.29, 0.717) is 24.4 Å². The Bertz CT molecular complexity index is 458. The van der Waals surface area contributed by atoms with Crippen LogP contribution in [0.2, 0.25) is 0 Å². The number of thiophene rings is 1. The van der Waals surface area contributed by atoms with E-state index in [-0.39, 0.29) is 11.9 Å². The number of likely N-dealkylation sites (tertiary alicyclic amines) is 1. The van der Waals surface area contributed by atoms with Crippen LogP contribution in [0, 0.1) is 0 Å². The van der Waals surface area contributed by atoms with Gasteiger partial charge in [-0.2, -0.15) is 0 Å². The maximum absolute atomic E-state index is 11.3. The van der Waals surface area contributed by atoms with Crippen molar-refractivity contribution < 1.29 is 14.7 Å². The number of carbonyl (C=O) groups excluding carboxylic acids is 1. The van der Waals surface area contributed by atoms with Crippen LogP contribution in [-0.4, -0.2) is 41.5 Å². The van der Waals surface area contributed by atoms with Crippen LogP contribution >= 0.6 is 11.3 Å². The molecule has 1 atom stereocenters. The quantitative estimate of drug-likeness (QED) is 0.859. The number of carboxylic acid groups (broad SMARTS) is 1. The summed E-state index contributed by atoms with van der Waals surface area (Å²) in [6.07, 6.45) is 1.37. The van der Waals surface area contributed by atoms with Gasteiger partial charge in [0.15, 0.2) is 0 Å². The van der Waals surface area contributed by atoms with Gasteiger partial charge in [0, 0.05) is 32.6 Å². The Morgan fingerprint density at radius 2 is 2.44 bits per heavy atom. The third-order valence-electron chi connectivity index (χ3n) is 3.15. The molecule has 5 nitrogen and oxygen atoms in total. The summed E-state index contributed by atoms with van der Waals surface area (Å²) in [7, 11) is 1.80. The number of carbonyl (C=O) groups is 2. The molecule has 2 N–H and O–H groups in total. The van der Waals surface area contributed by atoms with Crippen molar-refractivity contribution in [2.75, 3.05) is 13.6 Å². The van der Waals surface area contributed by atoms with Crippen LogP contribution in [-0.2, 0) is 11.3 Å². The SMILES string of the molecule is CN1CC(NCc2ccsc2C(=O)O)CCC1=O. The Balaban J connectivity index is 1.90. The third kappa shape index (κ3) is 2.88. The number of piperidine rings is 1. The van der Waals surface area contributed by atoms with Crippen molar-refractivity contribution in [3.8, 4) is 0 Å². The lowest BCUT2D eigenvalue weighted by Gasteiger charge is -2.30. The first-order chi connectivity index (χ1) is 8.58. The van der Waals surface area contributed by atoms with Crippen LogP contribution in [0.1, 0.15) is 28.1 Å². The molecule has 98 valence electrons. The standard InChI is InChI=1S/C12H16N2O3S/c1-14-7-9(2-3-10(14)15)13-6-8-4-5-18-11(8)12(16)17/h4-5,9,13H,2-3,6-7H2,1H3,(H,16,17). The zero-order valence-corrected chi connectivity index (χ0v) is 11.0. The molecule has 1 amide bonds. The topological polar surface area (TPSA) is 69.6 Å². The maximum atomic E-state index is 11.3. The highest BCUT2D eigenvalue weighted by molar-refractivity contribution is 7.12.